The predicted molar refractivity (Wildman–Crippen MR) is 58.7 cm³/mol. The normalized spacial score (nSPS) is 29.5. The molecule has 14 heavy (non-hydrogen) atoms. The van der Waals surface area contributed by atoms with Gasteiger partial charge in [0.2, 0.25) is 0 Å². The molecule has 0 bridgehead atoms. The van der Waals surface area contributed by atoms with Crippen LogP contribution in [0.2, 0.25) is 0 Å². The number of aliphatic hydroxyl groups is 1. The van der Waals surface area contributed by atoms with Gasteiger partial charge in [0, 0.05) is 12.8 Å². The summed E-state index contributed by atoms with van der Waals surface area (Å²) in [4.78, 5) is 3.67. The Morgan fingerprint density at radius 1 is 1.57 bits per heavy atom. The first-order chi connectivity index (χ1) is 6.66. The van der Waals surface area contributed by atoms with Crippen LogP contribution in [0.3, 0.4) is 0 Å². The van der Waals surface area contributed by atoms with Gasteiger partial charge in [0.05, 0.1) is 5.71 Å². The second kappa shape index (κ2) is 3.37. The van der Waals surface area contributed by atoms with E-state index in [-0.39, 0.29) is 6.61 Å². The molecule has 0 aromatic carbocycles. The van der Waals surface area contributed by atoms with E-state index in [9.17, 15) is 0 Å². The van der Waals surface area contributed by atoms with Crippen LogP contribution in [0.1, 0.15) is 13.3 Å². The van der Waals surface area contributed by atoms with Gasteiger partial charge in [-0.05, 0) is 30.6 Å². The van der Waals surface area contributed by atoms with Crippen molar-refractivity contribution in [1.29, 1.82) is 0 Å². The lowest BCUT2D eigenvalue weighted by molar-refractivity contribution is 0.298. The van der Waals surface area contributed by atoms with E-state index in [0.29, 0.717) is 6.42 Å². The first kappa shape index (κ1) is 9.69. The highest BCUT2D eigenvalue weighted by Crippen LogP contribution is 2.38. The minimum atomic E-state index is -0.595. The summed E-state index contributed by atoms with van der Waals surface area (Å²) in [6.45, 7) is 2.12. The van der Waals surface area contributed by atoms with Gasteiger partial charge in [-0.25, -0.2) is 0 Å². The lowest BCUT2D eigenvalue weighted by Crippen LogP contribution is -2.30. The number of aliphatic hydroxyl groups excluding tert-OH is 1. The fraction of sp³-hybridized carbons (Fsp3) is 0.364. The van der Waals surface area contributed by atoms with Crippen molar-refractivity contribution in [3.63, 3.8) is 0 Å². The molecule has 0 saturated heterocycles. The zero-order valence-electron chi connectivity index (χ0n) is 8.00. The highest BCUT2D eigenvalue weighted by Gasteiger charge is 2.38. The van der Waals surface area contributed by atoms with Gasteiger partial charge in [-0.3, -0.25) is 4.99 Å². The van der Waals surface area contributed by atoms with Gasteiger partial charge < -0.3 is 5.11 Å². The average Bonchev–Trinajstić information content (AvgIpc) is 2.46. The van der Waals surface area contributed by atoms with Crippen LogP contribution in [0.4, 0.5) is 0 Å². The molecule has 74 valence electrons. The largest absolute Gasteiger partial charge is 0.396 e. The summed E-state index contributed by atoms with van der Waals surface area (Å²) in [5, 5.41) is 8.89. The number of hydrogen-bond acceptors (Lipinski definition) is 2. The molecule has 0 aromatic rings. The summed E-state index contributed by atoms with van der Waals surface area (Å²) in [6, 6.07) is 0. The first-order valence-electron chi connectivity index (χ1n) is 4.62. The third-order valence-electron chi connectivity index (χ3n) is 2.52. The third kappa shape index (κ3) is 1.35. The third-order valence-corrected chi connectivity index (χ3v) is 3.08. The summed E-state index contributed by atoms with van der Waals surface area (Å²) in [5.74, 6) is 0. The summed E-state index contributed by atoms with van der Waals surface area (Å²) in [7, 11) is 0. The Morgan fingerprint density at radius 2 is 2.36 bits per heavy atom. The Bertz CT molecular complexity index is 379. The molecule has 2 nitrogen and oxygen atoms in total. The predicted octanol–water partition coefficient (Wildman–Crippen LogP) is 2.20. The molecule has 1 aliphatic heterocycles. The highest BCUT2D eigenvalue weighted by atomic mass is 35.5. The molecule has 2 aliphatic rings. The second-order valence-electron chi connectivity index (χ2n) is 3.58. The van der Waals surface area contributed by atoms with E-state index in [1.165, 1.54) is 0 Å². The van der Waals surface area contributed by atoms with Gasteiger partial charge in [0.15, 0.2) is 0 Å². The van der Waals surface area contributed by atoms with Gasteiger partial charge in [-0.1, -0.05) is 12.2 Å². The summed E-state index contributed by atoms with van der Waals surface area (Å²) < 4.78 is 0. The van der Waals surface area contributed by atoms with E-state index in [2.05, 4.69) is 4.99 Å². The summed E-state index contributed by atoms with van der Waals surface area (Å²) in [6.07, 6.45) is 8.25. The average molecular weight is 210 g/mol. The fourth-order valence-electron chi connectivity index (χ4n) is 1.71. The molecule has 0 spiro atoms. The van der Waals surface area contributed by atoms with E-state index >= 15 is 0 Å². The van der Waals surface area contributed by atoms with E-state index in [4.69, 9.17) is 16.7 Å². The van der Waals surface area contributed by atoms with Gasteiger partial charge in [-0.15, -0.1) is 11.6 Å². The minimum Gasteiger partial charge on any atom is -0.396 e. The van der Waals surface area contributed by atoms with Crippen molar-refractivity contribution < 1.29 is 5.11 Å². The van der Waals surface area contributed by atoms with Gasteiger partial charge >= 0.3 is 0 Å². The molecule has 1 unspecified atom stereocenters. The molecule has 0 amide bonds. The van der Waals surface area contributed by atoms with Crippen molar-refractivity contribution in [3.05, 3.63) is 35.6 Å². The smallest absolute Gasteiger partial charge is 0.128 e. The standard InChI is InChI=1S/C11H12ClNO/c1-8-2-4-11(12)9(3-5-14)7-13-10(11)6-8/h2,4,6-7,14H,3,5H2,1H3. The minimum absolute atomic E-state index is 0.111. The number of fused-ring (bicyclic) bond motifs is 1. The van der Waals surface area contributed by atoms with Crippen LogP contribution in [-0.4, -0.2) is 22.3 Å². The fourth-order valence-corrected chi connectivity index (χ4v) is 2.02. The molecule has 0 aromatic heterocycles. The first-order valence-corrected chi connectivity index (χ1v) is 5.00. The molecular weight excluding hydrogens is 198 g/mol. The molecule has 2 rings (SSSR count). The number of rotatable bonds is 2. The van der Waals surface area contributed by atoms with E-state index in [0.717, 1.165) is 16.9 Å². The Morgan fingerprint density at radius 3 is 3.07 bits per heavy atom. The Kier molecular flexibility index (Phi) is 2.33. The van der Waals surface area contributed by atoms with Crippen molar-refractivity contribution in [2.45, 2.75) is 18.2 Å². The molecule has 3 heteroatoms. The van der Waals surface area contributed by atoms with Crippen LogP contribution in [0.15, 0.2) is 40.6 Å². The lowest BCUT2D eigenvalue weighted by atomic mass is 9.88. The molecule has 1 atom stereocenters. The molecule has 0 fully saturated rings. The van der Waals surface area contributed by atoms with Gasteiger partial charge in [-0.2, -0.15) is 0 Å². The zero-order valence-corrected chi connectivity index (χ0v) is 8.75. The van der Waals surface area contributed by atoms with Crippen molar-refractivity contribution in [3.8, 4) is 0 Å². The zero-order chi connectivity index (χ0) is 10.2. The van der Waals surface area contributed by atoms with Crippen molar-refractivity contribution >= 4 is 17.3 Å². The van der Waals surface area contributed by atoms with Crippen molar-refractivity contribution in [2.24, 2.45) is 4.99 Å². The van der Waals surface area contributed by atoms with Crippen LogP contribution < -0.4 is 0 Å². The maximum absolute atomic E-state index is 8.89. The Labute approximate surface area is 88.3 Å². The number of hydrogen-bond donors (Lipinski definition) is 1. The monoisotopic (exact) mass is 209 g/mol. The Balaban J connectivity index is 2.32. The molecule has 1 N–H and O–H groups in total. The Hall–Kier alpha value is -0.860. The highest BCUT2D eigenvalue weighted by molar-refractivity contribution is 6.43. The number of allylic oxidation sites excluding steroid dienone is 4. The van der Waals surface area contributed by atoms with Crippen molar-refractivity contribution in [2.75, 3.05) is 6.61 Å². The molecule has 0 radical (unpaired) electrons. The molecule has 1 aliphatic carbocycles. The maximum Gasteiger partial charge on any atom is 0.128 e. The summed E-state index contributed by atoms with van der Waals surface area (Å²) >= 11 is 6.44. The molecule has 0 saturated carbocycles. The number of alkyl halides is 1. The van der Waals surface area contributed by atoms with Crippen LogP contribution >= 0.6 is 11.6 Å². The van der Waals surface area contributed by atoms with Crippen LogP contribution in [0, 0.1) is 0 Å². The summed E-state index contributed by atoms with van der Waals surface area (Å²) in [5.41, 5.74) is 2.98. The van der Waals surface area contributed by atoms with E-state index < -0.39 is 4.87 Å². The second-order valence-corrected chi connectivity index (χ2v) is 4.17. The van der Waals surface area contributed by atoms with Crippen molar-refractivity contribution in [1.82, 2.24) is 0 Å². The van der Waals surface area contributed by atoms with E-state index in [1.807, 2.05) is 25.2 Å². The maximum atomic E-state index is 8.89. The van der Waals surface area contributed by atoms with Crippen LogP contribution in [0.5, 0.6) is 0 Å². The van der Waals surface area contributed by atoms with Crippen LogP contribution in [-0.2, 0) is 0 Å². The number of halogens is 1. The topological polar surface area (TPSA) is 32.6 Å². The number of nitrogens with zero attached hydrogens (tertiary/aromatic N) is 1. The number of aliphatic imine (C=N–C) groups is 1. The van der Waals surface area contributed by atoms with Gasteiger partial charge in [0.25, 0.3) is 0 Å². The lowest BCUT2D eigenvalue weighted by Gasteiger charge is -2.25. The molecular formula is C11H12ClNO. The molecule has 1 heterocycles. The van der Waals surface area contributed by atoms with E-state index in [1.54, 1.807) is 6.20 Å². The van der Waals surface area contributed by atoms with Gasteiger partial charge in [0.1, 0.15) is 4.87 Å². The SMILES string of the molecule is CC1=CC2=NC=C(CCO)C2(Cl)C=C1. The van der Waals surface area contributed by atoms with Crippen LogP contribution in [0.25, 0.3) is 0 Å². The quantitative estimate of drug-likeness (QED) is 0.695.